The molecular formula is C19H22N7O2S2+. The summed E-state index contributed by atoms with van der Waals surface area (Å²) >= 11 is 1.57. The summed E-state index contributed by atoms with van der Waals surface area (Å²) in [6.07, 6.45) is 7.34. The molecule has 1 fully saturated rings. The predicted molar refractivity (Wildman–Crippen MR) is 117 cm³/mol. The Kier molecular flexibility index (Phi) is 4.80. The van der Waals surface area contributed by atoms with Gasteiger partial charge in [-0.15, -0.1) is 0 Å². The van der Waals surface area contributed by atoms with Crippen LogP contribution in [0.2, 0.25) is 0 Å². The lowest BCUT2D eigenvalue weighted by Gasteiger charge is -2.27. The van der Waals surface area contributed by atoms with E-state index in [9.17, 15) is 8.42 Å². The number of aromatic nitrogens is 2. The molecule has 2 aliphatic heterocycles. The van der Waals surface area contributed by atoms with Gasteiger partial charge in [-0.1, -0.05) is 0 Å². The molecule has 0 bridgehead atoms. The summed E-state index contributed by atoms with van der Waals surface area (Å²) in [5.74, 6) is 2.68. The first kappa shape index (κ1) is 19.2. The number of aromatic amines is 1. The van der Waals surface area contributed by atoms with Crippen LogP contribution in [0.25, 0.3) is 0 Å². The lowest BCUT2D eigenvalue weighted by atomic mass is 10.3. The number of hydrogen-bond donors (Lipinski definition) is 4. The van der Waals surface area contributed by atoms with Gasteiger partial charge in [0, 0.05) is 22.3 Å². The lowest BCUT2D eigenvalue weighted by Crippen LogP contribution is -3.10. The van der Waals surface area contributed by atoms with Gasteiger partial charge >= 0.3 is 0 Å². The molecule has 156 valence electrons. The zero-order valence-corrected chi connectivity index (χ0v) is 17.9. The molecule has 1 aliphatic carbocycles. The van der Waals surface area contributed by atoms with Crippen molar-refractivity contribution in [1.29, 1.82) is 0 Å². The van der Waals surface area contributed by atoms with E-state index >= 15 is 0 Å². The molecule has 1 aromatic heterocycles. The molecule has 1 aromatic carbocycles. The van der Waals surface area contributed by atoms with Crippen molar-refractivity contribution in [1.82, 2.24) is 14.5 Å². The van der Waals surface area contributed by atoms with Crippen molar-refractivity contribution in [3.05, 3.63) is 60.4 Å². The predicted octanol–water partition coefficient (Wildman–Crippen LogP) is 1.62. The minimum atomic E-state index is -3.24. The molecule has 30 heavy (non-hydrogen) atoms. The number of anilines is 2. The van der Waals surface area contributed by atoms with Crippen molar-refractivity contribution in [2.45, 2.75) is 29.9 Å². The summed E-state index contributed by atoms with van der Waals surface area (Å²) in [4.78, 5) is 6.55. The SMILES string of the molecule is Cc1cc(NC2=CN(Sc3ccc(NS(=O)(=O)C4CC4)cc3)CC3=NC=C[NH+]23)n[nH]1. The van der Waals surface area contributed by atoms with Gasteiger partial charge in [-0.25, -0.2) is 18.3 Å². The summed E-state index contributed by atoms with van der Waals surface area (Å²) in [5.41, 5.74) is 1.58. The van der Waals surface area contributed by atoms with Crippen LogP contribution in [0.4, 0.5) is 11.5 Å². The van der Waals surface area contributed by atoms with Crippen molar-refractivity contribution >= 4 is 39.3 Å². The zero-order chi connectivity index (χ0) is 20.7. The average molecular weight is 445 g/mol. The highest BCUT2D eigenvalue weighted by atomic mass is 32.2. The number of fused-ring (bicyclic) bond motifs is 1. The van der Waals surface area contributed by atoms with E-state index in [2.05, 4.69) is 29.5 Å². The highest BCUT2D eigenvalue weighted by molar-refractivity contribution is 7.97. The number of sulfonamides is 1. The number of nitrogens with zero attached hydrogens (tertiary/aromatic N) is 3. The van der Waals surface area contributed by atoms with E-state index in [1.54, 1.807) is 24.1 Å². The molecule has 3 heterocycles. The van der Waals surface area contributed by atoms with Crippen LogP contribution >= 0.6 is 11.9 Å². The Hall–Kier alpha value is -2.76. The van der Waals surface area contributed by atoms with Crippen molar-refractivity contribution in [3.8, 4) is 0 Å². The molecule has 1 saturated carbocycles. The zero-order valence-electron chi connectivity index (χ0n) is 16.3. The third kappa shape index (κ3) is 4.09. The van der Waals surface area contributed by atoms with Crippen LogP contribution in [-0.4, -0.2) is 40.6 Å². The molecule has 3 aliphatic rings. The molecular weight excluding hydrogens is 422 g/mol. The second kappa shape index (κ2) is 7.49. The molecule has 9 nitrogen and oxygen atoms in total. The number of rotatable bonds is 7. The molecule has 11 heteroatoms. The summed E-state index contributed by atoms with van der Waals surface area (Å²) in [6, 6.07) is 9.38. The van der Waals surface area contributed by atoms with E-state index in [1.165, 1.54) is 0 Å². The number of amidine groups is 1. The van der Waals surface area contributed by atoms with Crippen LogP contribution in [0.5, 0.6) is 0 Å². The third-order valence-corrected chi connectivity index (χ3v) is 7.74. The third-order valence-electron chi connectivity index (χ3n) is 4.92. The van der Waals surface area contributed by atoms with Crippen LogP contribution in [-0.2, 0) is 10.0 Å². The highest BCUT2D eigenvalue weighted by Gasteiger charge is 2.36. The van der Waals surface area contributed by atoms with E-state index in [1.807, 2.05) is 43.7 Å². The van der Waals surface area contributed by atoms with Crippen LogP contribution in [0.15, 0.2) is 64.6 Å². The number of hydrogen-bond acceptors (Lipinski definition) is 7. The summed E-state index contributed by atoms with van der Waals surface area (Å²) < 4.78 is 28.9. The maximum Gasteiger partial charge on any atom is 0.235 e. The van der Waals surface area contributed by atoms with Gasteiger partial charge in [0.05, 0.1) is 17.6 Å². The van der Waals surface area contributed by atoms with E-state index in [0.717, 1.165) is 45.8 Å². The Morgan fingerprint density at radius 2 is 2.07 bits per heavy atom. The first-order valence-corrected chi connectivity index (χ1v) is 12.0. The summed E-state index contributed by atoms with van der Waals surface area (Å²) in [5, 5.41) is 10.3. The molecule has 2 aromatic rings. The van der Waals surface area contributed by atoms with Gasteiger partial charge in [-0.05, 0) is 56.0 Å². The van der Waals surface area contributed by atoms with Gasteiger partial charge in [-0.2, -0.15) is 5.10 Å². The maximum atomic E-state index is 12.1. The molecule has 0 saturated heterocycles. The Bertz CT molecular complexity index is 1150. The molecule has 0 radical (unpaired) electrons. The Morgan fingerprint density at radius 3 is 2.77 bits per heavy atom. The van der Waals surface area contributed by atoms with Gasteiger partial charge < -0.3 is 0 Å². The average Bonchev–Trinajstić information content (AvgIpc) is 3.35. The molecule has 4 N–H and O–H groups in total. The van der Waals surface area contributed by atoms with Crippen LogP contribution in [0.3, 0.4) is 0 Å². The van der Waals surface area contributed by atoms with Crippen molar-refractivity contribution in [2.24, 2.45) is 4.99 Å². The molecule has 5 rings (SSSR count). The van der Waals surface area contributed by atoms with Gasteiger partial charge in [-0.3, -0.25) is 19.4 Å². The van der Waals surface area contributed by atoms with E-state index in [-0.39, 0.29) is 5.25 Å². The maximum absolute atomic E-state index is 12.1. The fourth-order valence-electron chi connectivity index (χ4n) is 3.27. The number of aliphatic imine (C=N–C) groups is 1. The normalized spacial score (nSPS) is 20.6. The van der Waals surface area contributed by atoms with Crippen LogP contribution in [0, 0.1) is 6.92 Å². The first-order valence-electron chi connectivity index (χ1n) is 9.64. The molecule has 0 amide bonds. The number of nitrogens with one attached hydrogen (secondary N) is 4. The smallest absolute Gasteiger partial charge is 0.235 e. The fourth-order valence-corrected chi connectivity index (χ4v) is 5.53. The summed E-state index contributed by atoms with van der Waals surface area (Å²) in [7, 11) is -3.24. The number of benzene rings is 1. The summed E-state index contributed by atoms with van der Waals surface area (Å²) in [6.45, 7) is 2.63. The Morgan fingerprint density at radius 1 is 1.27 bits per heavy atom. The van der Waals surface area contributed by atoms with Crippen LogP contribution < -0.4 is 14.9 Å². The second-order valence-corrected chi connectivity index (χ2v) is 10.5. The van der Waals surface area contributed by atoms with Gasteiger partial charge in [0.2, 0.25) is 21.7 Å². The van der Waals surface area contributed by atoms with Crippen LogP contribution in [0.1, 0.15) is 18.5 Å². The monoisotopic (exact) mass is 444 g/mol. The standard InChI is InChI=1S/C19H21N7O2S2/c1-13-10-17(23-22-13)21-19-12-25(11-18-20-8-9-26(18)19)29-15-4-2-14(3-5-15)24-30(27,28)16-6-7-16/h2-5,8-10,12,16,24H,6-7,11H2,1H3,(H2,21,22,23)/p+1. The Labute approximate surface area is 179 Å². The molecule has 1 atom stereocenters. The van der Waals surface area contributed by atoms with Gasteiger partial charge in [0.15, 0.2) is 5.82 Å². The Balaban J connectivity index is 1.30. The van der Waals surface area contributed by atoms with Gasteiger partial charge in [0.25, 0.3) is 0 Å². The minimum Gasteiger partial charge on any atom is -0.300 e. The minimum absolute atomic E-state index is 0.236. The van der Waals surface area contributed by atoms with E-state index < -0.39 is 10.0 Å². The van der Waals surface area contributed by atoms with Crippen molar-refractivity contribution in [3.63, 3.8) is 0 Å². The second-order valence-electron chi connectivity index (χ2n) is 7.45. The number of aryl methyl sites for hydroxylation is 1. The van der Waals surface area contributed by atoms with Crippen molar-refractivity contribution < 1.29 is 13.3 Å². The highest BCUT2D eigenvalue weighted by Crippen LogP contribution is 2.31. The fraction of sp³-hybridized carbons (Fsp3) is 0.263. The lowest BCUT2D eigenvalue weighted by molar-refractivity contribution is -0.699. The van der Waals surface area contributed by atoms with Gasteiger partial charge in [0.1, 0.15) is 12.7 Å². The topological polar surface area (TPSA) is 107 Å². The quantitative estimate of drug-likeness (QED) is 0.484. The number of quaternary nitrogens is 1. The largest absolute Gasteiger partial charge is 0.300 e. The van der Waals surface area contributed by atoms with Crippen molar-refractivity contribution in [2.75, 3.05) is 16.6 Å². The number of H-pyrrole nitrogens is 1. The van der Waals surface area contributed by atoms with E-state index in [0.29, 0.717) is 12.2 Å². The molecule has 0 spiro atoms. The van der Waals surface area contributed by atoms with E-state index in [4.69, 9.17) is 0 Å². The molecule has 1 unspecified atom stereocenters. The first-order chi connectivity index (χ1) is 14.5.